The van der Waals surface area contributed by atoms with E-state index in [2.05, 4.69) is 13.5 Å². The van der Waals surface area contributed by atoms with Crippen molar-refractivity contribution in [3.63, 3.8) is 0 Å². The van der Waals surface area contributed by atoms with Gasteiger partial charge in [0, 0.05) is 6.42 Å². The van der Waals surface area contributed by atoms with Crippen LogP contribution in [0.15, 0.2) is 24.7 Å². The van der Waals surface area contributed by atoms with Crippen LogP contribution in [-0.2, 0) is 9.53 Å². The highest BCUT2D eigenvalue weighted by molar-refractivity contribution is 5.68. The fourth-order valence-electron chi connectivity index (χ4n) is 0.868. The largest absolute Gasteiger partial charge is 0.481 e. The highest BCUT2D eigenvalue weighted by atomic mass is 16.5. The first-order chi connectivity index (χ1) is 6.20. The quantitative estimate of drug-likeness (QED) is 0.619. The van der Waals surface area contributed by atoms with Crippen molar-refractivity contribution in [2.24, 2.45) is 0 Å². The minimum Gasteiger partial charge on any atom is -0.481 e. The number of unbranched alkanes of at least 4 members (excludes halogenated alkanes) is 1. The third-order valence-electron chi connectivity index (χ3n) is 1.52. The van der Waals surface area contributed by atoms with Gasteiger partial charge in [-0.3, -0.25) is 4.79 Å². The zero-order chi connectivity index (χ0) is 10.1. The van der Waals surface area contributed by atoms with Crippen LogP contribution in [0.2, 0.25) is 0 Å². The standard InChI is InChI=1S/C10H16O3/c1-3-5-6-9(13-4-2)7-8-10(11)12/h4,7H,2-3,5-6,8H2,1H3,(H,11,12). The molecule has 0 fully saturated rings. The average molecular weight is 184 g/mol. The van der Waals surface area contributed by atoms with Gasteiger partial charge in [-0.1, -0.05) is 19.9 Å². The summed E-state index contributed by atoms with van der Waals surface area (Å²) in [7, 11) is 0. The topological polar surface area (TPSA) is 46.5 Å². The van der Waals surface area contributed by atoms with Crippen LogP contribution < -0.4 is 0 Å². The third-order valence-corrected chi connectivity index (χ3v) is 1.52. The molecule has 74 valence electrons. The summed E-state index contributed by atoms with van der Waals surface area (Å²) in [5, 5.41) is 8.43. The number of aliphatic carboxylic acids is 1. The summed E-state index contributed by atoms with van der Waals surface area (Å²) in [6.45, 7) is 5.50. The Labute approximate surface area is 78.7 Å². The predicted molar refractivity (Wildman–Crippen MR) is 51.1 cm³/mol. The number of hydrogen-bond donors (Lipinski definition) is 1. The number of carboxylic acids is 1. The zero-order valence-electron chi connectivity index (χ0n) is 7.95. The first-order valence-electron chi connectivity index (χ1n) is 4.39. The normalized spacial score (nSPS) is 11.0. The number of allylic oxidation sites excluding steroid dienone is 1. The van der Waals surface area contributed by atoms with Gasteiger partial charge in [0.05, 0.1) is 18.4 Å². The lowest BCUT2D eigenvalue weighted by Crippen LogP contribution is -1.93. The number of rotatable bonds is 7. The van der Waals surface area contributed by atoms with Gasteiger partial charge in [-0.05, 0) is 12.5 Å². The molecule has 0 aromatic carbocycles. The van der Waals surface area contributed by atoms with E-state index >= 15 is 0 Å². The fourth-order valence-corrected chi connectivity index (χ4v) is 0.868. The molecule has 0 atom stereocenters. The maximum atomic E-state index is 10.3. The summed E-state index contributed by atoms with van der Waals surface area (Å²) in [5.74, 6) is -0.152. The molecule has 0 spiro atoms. The van der Waals surface area contributed by atoms with E-state index in [1.807, 2.05) is 0 Å². The number of ether oxygens (including phenoxy) is 1. The molecule has 0 saturated carbocycles. The molecular formula is C10H16O3. The molecule has 0 aliphatic carbocycles. The molecule has 3 nitrogen and oxygen atoms in total. The van der Waals surface area contributed by atoms with Crippen molar-refractivity contribution in [1.82, 2.24) is 0 Å². The van der Waals surface area contributed by atoms with Crippen LogP contribution in [0, 0.1) is 0 Å². The van der Waals surface area contributed by atoms with Crippen molar-refractivity contribution in [1.29, 1.82) is 0 Å². The molecule has 0 bridgehead atoms. The van der Waals surface area contributed by atoms with Crippen LogP contribution in [-0.4, -0.2) is 11.1 Å². The summed E-state index contributed by atoms with van der Waals surface area (Å²) in [4.78, 5) is 10.3. The Morgan fingerprint density at radius 2 is 2.31 bits per heavy atom. The Morgan fingerprint density at radius 1 is 1.62 bits per heavy atom. The van der Waals surface area contributed by atoms with E-state index in [0.29, 0.717) is 5.76 Å². The van der Waals surface area contributed by atoms with E-state index < -0.39 is 5.97 Å². The Balaban J connectivity index is 3.97. The van der Waals surface area contributed by atoms with Crippen LogP contribution >= 0.6 is 0 Å². The van der Waals surface area contributed by atoms with E-state index in [0.717, 1.165) is 19.3 Å². The van der Waals surface area contributed by atoms with Crippen molar-refractivity contribution in [2.75, 3.05) is 0 Å². The highest BCUT2D eigenvalue weighted by Gasteiger charge is 1.98. The van der Waals surface area contributed by atoms with E-state index in [9.17, 15) is 4.79 Å². The molecule has 0 unspecified atom stereocenters. The SMILES string of the molecule is C=COC(=CCC(=O)O)CCCC. The summed E-state index contributed by atoms with van der Waals surface area (Å²) < 4.78 is 5.06. The molecule has 0 amide bonds. The highest BCUT2D eigenvalue weighted by Crippen LogP contribution is 2.09. The van der Waals surface area contributed by atoms with Crippen LogP contribution in [0.3, 0.4) is 0 Å². The smallest absolute Gasteiger partial charge is 0.307 e. The van der Waals surface area contributed by atoms with Gasteiger partial charge in [-0.2, -0.15) is 0 Å². The van der Waals surface area contributed by atoms with Gasteiger partial charge < -0.3 is 9.84 Å². The van der Waals surface area contributed by atoms with Crippen LogP contribution in [0.5, 0.6) is 0 Å². The summed E-state index contributed by atoms with van der Waals surface area (Å²) in [5.41, 5.74) is 0. The first kappa shape index (κ1) is 11.8. The molecular weight excluding hydrogens is 168 g/mol. The lowest BCUT2D eigenvalue weighted by Gasteiger charge is -2.04. The van der Waals surface area contributed by atoms with Crippen molar-refractivity contribution in [3.05, 3.63) is 24.7 Å². The van der Waals surface area contributed by atoms with Gasteiger partial charge in [-0.25, -0.2) is 0 Å². The minimum absolute atomic E-state index is 0.00683. The second-order valence-electron chi connectivity index (χ2n) is 2.66. The zero-order valence-corrected chi connectivity index (χ0v) is 7.95. The van der Waals surface area contributed by atoms with Crippen LogP contribution in [0.4, 0.5) is 0 Å². The Kier molecular flexibility index (Phi) is 6.69. The molecule has 3 heteroatoms. The van der Waals surface area contributed by atoms with E-state index in [4.69, 9.17) is 9.84 Å². The second-order valence-corrected chi connectivity index (χ2v) is 2.66. The van der Waals surface area contributed by atoms with Gasteiger partial charge >= 0.3 is 5.97 Å². The second kappa shape index (κ2) is 7.40. The van der Waals surface area contributed by atoms with Crippen LogP contribution in [0.25, 0.3) is 0 Å². The van der Waals surface area contributed by atoms with E-state index in [1.54, 1.807) is 6.08 Å². The Bertz CT molecular complexity index is 194. The average Bonchev–Trinajstić information content (AvgIpc) is 2.09. The molecule has 0 radical (unpaired) electrons. The maximum Gasteiger partial charge on any atom is 0.307 e. The van der Waals surface area contributed by atoms with Crippen molar-refractivity contribution >= 4 is 5.97 Å². The number of carboxylic acid groups (broad SMARTS) is 1. The van der Waals surface area contributed by atoms with Gasteiger partial charge in [0.15, 0.2) is 0 Å². The summed E-state index contributed by atoms with van der Waals surface area (Å²) in [6.07, 6.45) is 5.75. The van der Waals surface area contributed by atoms with Gasteiger partial charge in [-0.15, -0.1) is 0 Å². The molecule has 0 aromatic rings. The molecule has 0 aromatic heterocycles. The van der Waals surface area contributed by atoms with Crippen molar-refractivity contribution in [3.8, 4) is 0 Å². The van der Waals surface area contributed by atoms with E-state index in [1.165, 1.54) is 6.26 Å². The summed E-state index contributed by atoms with van der Waals surface area (Å²) >= 11 is 0. The first-order valence-corrected chi connectivity index (χ1v) is 4.39. The molecule has 1 N–H and O–H groups in total. The molecule has 0 aliphatic heterocycles. The lowest BCUT2D eigenvalue weighted by molar-refractivity contribution is -0.136. The van der Waals surface area contributed by atoms with E-state index in [-0.39, 0.29) is 6.42 Å². The predicted octanol–water partition coefficient (Wildman–Crippen LogP) is 2.70. The minimum atomic E-state index is -0.846. The molecule has 0 rings (SSSR count). The Hall–Kier alpha value is -1.25. The molecule has 0 heterocycles. The monoisotopic (exact) mass is 184 g/mol. The van der Waals surface area contributed by atoms with Gasteiger partial charge in [0.2, 0.25) is 0 Å². The maximum absolute atomic E-state index is 10.3. The number of hydrogen-bond acceptors (Lipinski definition) is 2. The third kappa shape index (κ3) is 7.12. The Morgan fingerprint density at radius 3 is 2.77 bits per heavy atom. The molecule has 0 aliphatic rings. The lowest BCUT2D eigenvalue weighted by atomic mass is 10.2. The van der Waals surface area contributed by atoms with Crippen molar-refractivity contribution in [2.45, 2.75) is 32.6 Å². The van der Waals surface area contributed by atoms with Gasteiger partial charge in [0.1, 0.15) is 0 Å². The van der Waals surface area contributed by atoms with Gasteiger partial charge in [0.25, 0.3) is 0 Å². The molecule has 13 heavy (non-hydrogen) atoms. The summed E-state index contributed by atoms with van der Waals surface area (Å²) in [6, 6.07) is 0. The van der Waals surface area contributed by atoms with Crippen LogP contribution in [0.1, 0.15) is 32.6 Å². The molecule has 0 saturated heterocycles. The van der Waals surface area contributed by atoms with Crippen molar-refractivity contribution < 1.29 is 14.6 Å². The fraction of sp³-hybridized carbons (Fsp3) is 0.500. The number of carbonyl (C=O) groups is 1.